The van der Waals surface area contributed by atoms with Crippen LogP contribution in [0.5, 0.6) is 0 Å². The molecule has 0 bridgehead atoms. The molecular weight excluding hydrogens is 384 g/mol. The Kier molecular flexibility index (Phi) is 7.19. The summed E-state index contributed by atoms with van der Waals surface area (Å²) in [7, 11) is 1.36. The van der Waals surface area contributed by atoms with Gasteiger partial charge in [-0.25, -0.2) is 0 Å². The molecule has 0 saturated carbocycles. The zero-order chi connectivity index (χ0) is 20.5. The van der Waals surface area contributed by atoms with E-state index < -0.39 is 0 Å². The Bertz CT molecular complexity index is 983. The summed E-state index contributed by atoms with van der Waals surface area (Å²) in [5, 5.41) is 8.14. The Morgan fingerprint density at radius 1 is 1.07 bits per heavy atom. The molecule has 0 aliphatic carbocycles. The van der Waals surface area contributed by atoms with E-state index in [1.165, 1.54) is 13.2 Å². The molecule has 2 N–H and O–H groups in total. The highest BCUT2D eigenvalue weighted by atomic mass is 32.1. The third-order valence-electron chi connectivity index (χ3n) is 4.20. The Balaban J connectivity index is 1.72. The Morgan fingerprint density at radius 2 is 1.90 bits per heavy atom. The van der Waals surface area contributed by atoms with E-state index in [0.717, 1.165) is 21.7 Å². The van der Waals surface area contributed by atoms with Gasteiger partial charge in [-0.05, 0) is 46.8 Å². The highest BCUT2D eigenvalue weighted by Crippen LogP contribution is 2.23. The smallest absolute Gasteiger partial charge is 0.310 e. The molecule has 0 spiro atoms. The highest BCUT2D eigenvalue weighted by molar-refractivity contribution is 7.10. The second-order valence-corrected chi connectivity index (χ2v) is 7.28. The summed E-state index contributed by atoms with van der Waals surface area (Å²) in [6.45, 7) is 0.629. The van der Waals surface area contributed by atoms with E-state index in [1.54, 1.807) is 23.5 Å². The van der Waals surface area contributed by atoms with E-state index in [4.69, 9.17) is 4.74 Å². The van der Waals surface area contributed by atoms with Crippen LogP contribution < -0.4 is 10.6 Å². The number of anilines is 2. The van der Waals surface area contributed by atoms with E-state index in [-0.39, 0.29) is 18.3 Å². The third kappa shape index (κ3) is 6.33. The Hall–Kier alpha value is -3.38. The van der Waals surface area contributed by atoms with Crippen LogP contribution in [0.15, 0.2) is 72.1 Å². The fraction of sp³-hybridized carbons (Fsp3) is 0.130. The predicted octanol–water partition coefficient (Wildman–Crippen LogP) is 4.73. The number of thiophene rings is 1. The normalized spacial score (nSPS) is 10.7. The molecular formula is C23H22N2O3S. The number of methoxy groups -OCH3 is 1. The summed E-state index contributed by atoms with van der Waals surface area (Å²) in [5.74, 6) is -0.568. The monoisotopic (exact) mass is 406 g/mol. The van der Waals surface area contributed by atoms with Gasteiger partial charge in [-0.1, -0.05) is 36.4 Å². The summed E-state index contributed by atoms with van der Waals surface area (Å²) in [4.78, 5) is 25.0. The van der Waals surface area contributed by atoms with Gasteiger partial charge in [0.2, 0.25) is 5.91 Å². The summed E-state index contributed by atoms with van der Waals surface area (Å²) < 4.78 is 4.81. The zero-order valence-electron chi connectivity index (χ0n) is 16.1. The van der Waals surface area contributed by atoms with E-state index >= 15 is 0 Å². The van der Waals surface area contributed by atoms with Crippen LogP contribution in [-0.4, -0.2) is 19.0 Å². The molecule has 0 aliphatic rings. The summed E-state index contributed by atoms with van der Waals surface area (Å²) in [6.07, 6.45) is 3.38. The van der Waals surface area contributed by atoms with Crippen LogP contribution in [-0.2, 0) is 27.3 Å². The lowest BCUT2D eigenvalue weighted by molar-refractivity contribution is -0.139. The molecule has 5 nitrogen and oxygen atoms in total. The van der Waals surface area contributed by atoms with E-state index in [0.29, 0.717) is 12.2 Å². The number of nitrogens with one attached hydrogen (secondary N) is 2. The Labute approximate surface area is 174 Å². The number of carbonyl (C=O) groups is 2. The minimum Gasteiger partial charge on any atom is -0.469 e. The van der Waals surface area contributed by atoms with Crippen molar-refractivity contribution in [3.63, 3.8) is 0 Å². The number of hydrogen-bond acceptors (Lipinski definition) is 5. The second kappa shape index (κ2) is 10.2. The molecule has 6 heteroatoms. The number of hydrogen-bond donors (Lipinski definition) is 2. The molecule has 2 aromatic carbocycles. The van der Waals surface area contributed by atoms with Gasteiger partial charge in [0.25, 0.3) is 0 Å². The average molecular weight is 407 g/mol. The molecule has 29 heavy (non-hydrogen) atoms. The van der Waals surface area contributed by atoms with Crippen molar-refractivity contribution >= 4 is 40.7 Å². The fourth-order valence-electron chi connectivity index (χ4n) is 2.74. The van der Waals surface area contributed by atoms with Crippen LogP contribution in [0.3, 0.4) is 0 Å². The van der Waals surface area contributed by atoms with Crippen molar-refractivity contribution in [3.05, 3.63) is 88.1 Å². The molecule has 0 fully saturated rings. The number of benzene rings is 2. The van der Waals surface area contributed by atoms with Crippen LogP contribution in [0.1, 0.15) is 16.0 Å². The fourth-order valence-corrected chi connectivity index (χ4v) is 3.36. The standard InChI is InChI=1S/C23H22N2O3S/c1-28-23(27)15-18-14-19(25-22(26)12-10-20-8-5-13-29-20)9-11-21(18)24-16-17-6-3-2-4-7-17/h2-14,24H,15-16H2,1H3,(H,25,26)/b12-10+. The van der Waals surface area contributed by atoms with Gasteiger partial charge in [0.05, 0.1) is 13.5 Å². The van der Waals surface area contributed by atoms with Crippen LogP contribution >= 0.6 is 11.3 Å². The first-order valence-electron chi connectivity index (χ1n) is 9.14. The molecule has 1 amide bonds. The third-order valence-corrected chi connectivity index (χ3v) is 5.04. The van der Waals surface area contributed by atoms with Gasteiger partial charge in [0.15, 0.2) is 0 Å². The first kappa shape index (κ1) is 20.4. The molecule has 0 aliphatic heterocycles. The topological polar surface area (TPSA) is 67.4 Å². The molecule has 1 heterocycles. The van der Waals surface area contributed by atoms with Crippen molar-refractivity contribution in [1.29, 1.82) is 0 Å². The summed E-state index contributed by atoms with van der Waals surface area (Å²) in [5.41, 5.74) is 3.34. The minimum absolute atomic E-state index is 0.113. The maximum Gasteiger partial charge on any atom is 0.310 e. The quantitative estimate of drug-likeness (QED) is 0.419. The molecule has 0 radical (unpaired) electrons. The van der Waals surface area contributed by atoms with Gasteiger partial charge >= 0.3 is 5.97 Å². The number of carbonyl (C=O) groups excluding carboxylic acids is 2. The van der Waals surface area contributed by atoms with E-state index in [1.807, 2.05) is 60.0 Å². The van der Waals surface area contributed by atoms with Gasteiger partial charge < -0.3 is 15.4 Å². The maximum absolute atomic E-state index is 12.2. The first-order valence-corrected chi connectivity index (χ1v) is 10.0. The summed E-state index contributed by atoms with van der Waals surface area (Å²) in [6, 6.07) is 19.3. The number of amides is 1. The molecule has 0 saturated heterocycles. The number of ether oxygens (including phenoxy) is 1. The van der Waals surface area contributed by atoms with E-state index in [9.17, 15) is 9.59 Å². The minimum atomic E-state index is -0.339. The largest absolute Gasteiger partial charge is 0.469 e. The van der Waals surface area contributed by atoms with Crippen LogP contribution in [0.2, 0.25) is 0 Å². The molecule has 148 valence electrons. The first-order chi connectivity index (χ1) is 14.1. The molecule has 3 aromatic rings. The number of rotatable bonds is 8. The van der Waals surface area contributed by atoms with Gasteiger partial charge in [-0.15, -0.1) is 11.3 Å². The number of esters is 1. The summed E-state index contributed by atoms with van der Waals surface area (Å²) >= 11 is 1.56. The van der Waals surface area contributed by atoms with Crippen molar-refractivity contribution in [2.75, 3.05) is 17.7 Å². The lowest BCUT2D eigenvalue weighted by Crippen LogP contribution is -2.11. The van der Waals surface area contributed by atoms with Crippen LogP contribution in [0.4, 0.5) is 11.4 Å². The molecule has 3 rings (SSSR count). The second-order valence-electron chi connectivity index (χ2n) is 6.30. The average Bonchev–Trinajstić information content (AvgIpc) is 3.26. The van der Waals surface area contributed by atoms with Gasteiger partial charge in [-0.2, -0.15) is 0 Å². The maximum atomic E-state index is 12.2. The van der Waals surface area contributed by atoms with Crippen molar-refractivity contribution < 1.29 is 14.3 Å². The predicted molar refractivity (Wildman–Crippen MR) is 118 cm³/mol. The van der Waals surface area contributed by atoms with Crippen molar-refractivity contribution in [1.82, 2.24) is 0 Å². The van der Waals surface area contributed by atoms with Gasteiger partial charge in [0.1, 0.15) is 0 Å². The molecule has 1 aromatic heterocycles. The highest BCUT2D eigenvalue weighted by Gasteiger charge is 2.10. The molecule has 0 unspecified atom stereocenters. The zero-order valence-corrected chi connectivity index (χ0v) is 16.9. The SMILES string of the molecule is COC(=O)Cc1cc(NC(=O)/C=C/c2cccs2)ccc1NCc1ccccc1. The molecule has 0 atom stereocenters. The van der Waals surface area contributed by atoms with Crippen molar-refractivity contribution in [2.24, 2.45) is 0 Å². The van der Waals surface area contributed by atoms with Crippen LogP contribution in [0, 0.1) is 0 Å². The lowest BCUT2D eigenvalue weighted by Gasteiger charge is -2.14. The Morgan fingerprint density at radius 3 is 2.62 bits per heavy atom. The van der Waals surface area contributed by atoms with Gasteiger partial charge in [-0.3, -0.25) is 9.59 Å². The van der Waals surface area contributed by atoms with Crippen LogP contribution in [0.25, 0.3) is 6.08 Å². The van der Waals surface area contributed by atoms with Gasteiger partial charge in [0, 0.05) is 28.9 Å². The van der Waals surface area contributed by atoms with Crippen molar-refractivity contribution in [2.45, 2.75) is 13.0 Å². The van der Waals surface area contributed by atoms with Crippen molar-refractivity contribution in [3.8, 4) is 0 Å². The van der Waals surface area contributed by atoms with E-state index in [2.05, 4.69) is 10.6 Å². The lowest BCUT2D eigenvalue weighted by atomic mass is 10.1.